The average molecular weight is 291 g/mol. The molecule has 0 aromatic heterocycles. The largest absolute Gasteiger partial charge is 0.0988 e. The van der Waals surface area contributed by atoms with E-state index in [9.17, 15) is 0 Å². The first kappa shape index (κ1) is 18.5. The lowest BCUT2D eigenvalue weighted by molar-refractivity contribution is -0.00527. The van der Waals surface area contributed by atoms with Crippen molar-refractivity contribution in [1.82, 2.24) is 0 Å². The van der Waals surface area contributed by atoms with Gasteiger partial charge in [0, 0.05) is 0 Å². The number of hydrogen-bond donors (Lipinski definition) is 0. The molecule has 0 aromatic carbocycles. The first-order valence-electron chi connectivity index (χ1n) is 8.94. The van der Waals surface area contributed by atoms with Crippen LogP contribution in [0.15, 0.2) is 24.3 Å². The van der Waals surface area contributed by atoms with Crippen LogP contribution in [0.5, 0.6) is 0 Å². The Morgan fingerprint density at radius 2 is 1.86 bits per heavy atom. The van der Waals surface area contributed by atoms with Gasteiger partial charge in [-0.3, -0.25) is 0 Å². The molecule has 1 aliphatic rings. The molecule has 0 amide bonds. The molecule has 0 saturated heterocycles. The second-order valence-electron chi connectivity index (χ2n) is 8.78. The monoisotopic (exact) mass is 290 g/mol. The van der Waals surface area contributed by atoms with E-state index in [0.717, 1.165) is 24.2 Å². The summed E-state index contributed by atoms with van der Waals surface area (Å²) < 4.78 is 0. The van der Waals surface area contributed by atoms with Gasteiger partial charge in [-0.05, 0) is 61.2 Å². The van der Waals surface area contributed by atoms with E-state index < -0.39 is 0 Å². The highest BCUT2D eigenvalue weighted by atomic mass is 14.5. The molecule has 21 heavy (non-hydrogen) atoms. The van der Waals surface area contributed by atoms with E-state index in [-0.39, 0.29) is 0 Å². The molecule has 0 N–H and O–H groups in total. The minimum Gasteiger partial charge on any atom is -0.0988 e. The van der Waals surface area contributed by atoms with Gasteiger partial charge >= 0.3 is 0 Å². The van der Waals surface area contributed by atoms with Gasteiger partial charge in [0.1, 0.15) is 0 Å². The third-order valence-electron chi connectivity index (χ3n) is 6.16. The molecule has 0 heteroatoms. The van der Waals surface area contributed by atoms with Crippen molar-refractivity contribution < 1.29 is 0 Å². The Hall–Kier alpha value is -0.520. The topological polar surface area (TPSA) is 0 Å². The predicted molar refractivity (Wildman–Crippen MR) is 96.4 cm³/mol. The van der Waals surface area contributed by atoms with Crippen LogP contribution in [0.1, 0.15) is 80.6 Å². The van der Waals surface area contributed by atoms with Crippen molar-refractivity contribution in [2.75, 3.05) is 0 Å². The summed E-state index contributed by atoms with van der Waals surface area (Å²) in [4.78, 5) is 0. The highest BCUT2D eigenvalue weighted by Crippen LogP contribution is 2.53. The van der Waals surface area contributed by atoms with Crippen molar-refractivity contribution in [1.29, 1.82) is 0 Å². The van der Waals surface area contributed by atoms with Crippen LogP contribution in [-0.4, -0.2) is 0 Å². The summed E-state index contributed by atoms with van der Waals surface area (Å²) in [6, 6.07) is 0. The van der Waals surface area contributed by atoms with Crippen LogP contribution in [0, 0.1) is 28.6 Å². The second kappa shape index (κ2) is 7.16. The molecular weight excluding hydrogens is 252 g/mol. The molecule has 122 valence electrons. The van der Waals surface area contributed by atoms with Crippen molar-refractivity contribution >= 4 is 0 Å². The molecule has 0 bridgehead atoms. The van der Waals surface area contributed by atoms with Crippen molar-refractivity contribution in [3.8, 4) is 0 Å². The van der Waals surface area contributed by atoms with Gasteiger partial charge in [0.2, 0.25) is 0 Å². The third-order valence-corrected chi connectivity index (χ3v) is 6.16. The molecule has 0 aromatic rings. The fraction of sp³-hybridized carbons (Fsp3) is 0.810. The molecule has 3 atom stereocenters. The van der Waals surface area contributed by atoms with Gasteiger partial charge in [-0.1, -0.05) is 72.3 Å². The van der Waals surface area contributed by atoms with Crippen LogP contribution in [0.25, 0.3) is 0 Å². The summed E-state index contributed by atoms with van der Waals surface area (Å²) in [6.45, 7) is 20.7. The van der Waals surface area contributed by atoms with Gasteiger partial charge in [-0.15, -0.1) is 0 Å². The summed E-state index contributed by atoms with van der Waals surface area (Å²) in [7, 11) is 0. The van der Waals surface area contributed by atoms with Gasteiger partial charge in [0.15, 0.2) is 0 Å². The maximum Gasteiger partial charge on any atom is -0.0231 e. The maximum atomic E-state index is 3.94. The molecule has 0 radical (unpaired) electrons. The zero-order valence-corrected chi connectivity index (χ0v) is 15.6. The predicted octanol–water partition coefficient (Wildman–Crippen LogP) is 7.02. The SMILES string of the molecule is C=CC(=CC)CC(C)(C)CC(C)C1CCC1C(C)(C)CC. The highest BCUT2D eigenvalue weighted by molar-refractivity contribution is 5.16. The normalized spacial score (nSPS) is 25.4. The quantitative estimate of drug-likeness (QED) is 0.421. The highest BCUT2D eigenvalue weighted by Gasteiger charge is 2.43. The van der Waals surface area contributed by atoms with Crippen molar-refractivity contribution in [2.45, 2.75) is 80.6 Å². The van der Waals surface area contributed by atoms with Crippen LogP contribution < -0.4 is 0 Å². The minimum atomic E-state index is 0.381. The fourth-order valence-corrected chi connectivity index (χ4v) is 4.38. The Labute approximate surface area is 134 Å². The van der Waals surface area contributed by atoms with Gasteiger partial charge in [0.05, 0.1) is 0 Å². The first-order chi connectivity index (χ1) is 9.66. The van der Waals surface area contributed by atoms with Crippen LogP contribution in [0.3, 0.4) is 0 Å². The lowest BCUT2D eigenvalue weighted by atomic mass is 9.55. The summed E-state index contributed by atoms with van der Waals surface area (Å²) >= 11 is 0. The Morgan fingerprint density at radius 1 is 1.24 bits per heavy atom. The third kappa shape index (κ3) is 4.73. The van der Waals surface area contributed by atoms with Crippen LogP contribution in [0.2, 0.25) is 0 Å². The molecule has 0 nitrogen and oxygen atoms in total. The Morgan fingerprint density at radius 3 is 2.24 bits per heavy atom. The molecule has 1 saturated carbocycles. The Kier molecular flexibility index (Phi) is 6.32. The summed E-state index contributed by atoms with van der Waals surface area (Å²) in [5.74, 6) is 2.72. The van der Waals surface area contributed by atoms with E-state index in [1.165, 1.54) is 31.3 Å². The number of rotatable bonds is 8. The molecule has 1 rings (SSSR count). The van der Waals surface area contributed by atoms with Crippen LogP contribution in [-0.2, 0) is 0 Å². The fourth-order valence-electron chi connectivity index (χ4n) is 4.38. The van der Waals surface area contributed by atoms with Crippen molar-refractivity contribution in [3.05, 3.63) is 24.3 Å². The van der Waals surface area contributed by atoms with Crippen molar-refractivity contribution in [2.24, 2.45) is 28.6 Å². The summed E-state index contributed by atoms with van der Waals surface area (Å²) in [5.41, 5.74) is 2.30. The Bertz CT molecular complexity index is 369. The molecule has 0 aliphatic heterocycles. The van der Waals surface area contributed by atoms with E-state index in [1.54, 1.807) is 0 Å². The molecule has 0 spiro atoms. The molecular formula is C21H38. The van der Waals surface area contributed by atoms with E-state index in [0.29, 0.717) is 10.8 Å². The number of hydrogen-bond acceptors (Lipinski definition) is 0. The smallest absolute Gasteiger partial charge is 0.0231 e. The lowest BCUT2D eigenvalue weighted by Crippen LogP contribution is -2.42. The van der Waals surface area contributed by atoms with E-state index in [2.05, 4.69) is 61.1 Å². The number of allylic oxidation sites excluding steroid dienone is 3. The molecule has 1 fully saturated rings. The average Bonchev–Trinajstić information content (AvgIpc) is 2.33. The molecule has 1 aliphatic carbocycles. The Balaban J connectivity index is 2.64. The van der Waals surface area contributed by atoms with E-state index in [1.807, 2.05) is 6.08 Å². The van der Waals surface area contributed by atoms with Gasteiger partial charge in [0.25, 0.3) is 0 Å². The zero-order valence-electron chi connectivity index (χ0n) is 15.6. The van der Waals surface area contributed by atoms with Crippen LogP contribution >= 0.6 is 0 Å². The van der Waals surface area contributed by atoms with Gasteiger partial charge < -0.3 is 0 Å². The second-order valence-corrected chi connectivity index (χ2v) is 8.78. The molecule has 0 heterocycles. The van der Waals surface area contributed by atoms with Gasteiger partial charge in [-0.2, -0.15) is 0 Å². The van der Waals surface area contributed by atoms with Crippen molar-refractivity contribution in [3.63, 3.8) is 0 Å². The maximum absolute atomic E-state index is 3.94. The van der Waals surface area contributed by atoms with E-state index in [4.69, 9.17) is 0 Å². The first-order valence-corrected chi connectivity index (χ1v) is 8.94. The standard InChI is InChI=1S/C21H38/c1-9-17(10-2)15-20(5,6)14-16(4)18-12-13-19(18)21(7,8)11-3/h9-10,16,18-19H,1,11-15H2,2-8H3. The van der Waals surface area contributed by atoms with Crippen LogP contribution in [0.4, 0.5) is 0 Å². The summed E-state index contributed by atoms with van der Waals surface area (Å²) in [6.07, 6.45) is 10.9. The summed E-state index contributed by atoms with van der Waals surface area (Å²) in [5, 5.41) is 0. The lowest BCUT2D eigenvalue weighted by Gasteiger charge is -2.50. The van der Waals surface area contributed by atoms with Gasteiger partial charge in [-0.25, -0.2) is 0 Å². The van der Waals surface area contributed by atoms with E-state index >= 15 is 0 Å². The molecule has 3 unspecified atom stereocenters. The zero-order chi connectivity index (χ0) is 16.3. The minimum absolute atomic E-state index is 0.381.